The number of nitrogens with one attached hydrogen (secondary N) is 1. The van der Waals surface area contributed by atoms with E-state index in [1.165, 1.54) is 12.3 Å². The highest BCUT2D eigenvalue weighted by atomic mass is 32.1. The van der Waals surface area contributed by atoms with Gasteiger partial charge in [0.25, 0.3) is 5.91 Å². The molecule has 1 amide bonds. The Labute approximate surface area is 193 Å². The highest BCUT2D eigenvalue weighted by Gasteiger charge is 2.30. The highest BCUT2D eigenvalue weighted by Crippen LogP contribution is 2.36. The maximum Gasteiger partial charge on any atom is 0.277 e. The fourth-order valence-electron chi connectivity index (χ4n) is 4.05. The lowest BCUT2D eigenvalue weighted by Crippen LogP contribution is -2.24. The van der Waals surface area contributed by atoms with Gasteiger partial charge in [-0.05, 0) is 37.8 Å². The first-order chi connectivity index (χ1) is 15.8. The van der Waals surface area contributed by atoms with Crippen molar-refractivity contribution in [1.29, 1.82) is 0 Å². The molecule has 0 aliphatic carbocycles. The molecule has 1 aliphatic heterocycles. The molecule has 0 saturated carbocycles. The zero-order valence-electron chi connectivity index (χ0n) is 18.3. The predicted molar refractivity (Wildman–Crippen MR) is 123 cm³/mol. The molecular weight excluding hydrogens is 450 g/mol. The van der Waals surface area contributed by atoms with E-state index in [1.807, 2.05) is 6.92 Å². The molecule has 0 radical (unpaired) electrons. The predicted octanol–water partition coefficient (Wildman–Crippen LogP) is 4.00. The summed E-state index contributed by atoms with van der Waals surface area (Å²) < 4.78 is 36.3. The Morgan fingerprint density at radius 3 is 2.76 bits per heavy atom. The number of carbonyl (C=O) groups excluding carboxylic acids is 1. The van der Waals surface area contributed by atoms with Gasteiger partial charge in [-0.25, -0.2) is 13.8 Å². The van der Waals surface area contributed by atoms with E-state index in [-0.39, 0.29) is 39.5 Å². The molecule has 0 spiro atoms. The first-order valence-corrected chi connectivity index (χ1v) is 11.5. The van der Waals surface area contributed by atoms with Crippen LogP contribution in [-0.4, -0.2) is 32.8 Å². The number of ether oxygens (including phenoxy) is 1. The second kappa shape index (κ2) is 9.54. The molecule has 3 atom stereocenters. The van der Waals surface area contributed by atoms with Gasteiger partial charge in [0.15, 0.2) is 5.69 Å². The number of anilines is 2. The zero-order chi connectivity index (χ0) is 23.7. The van der Waals surface area contributed by atoms with Crippen molar-refractivity contribution in [3.63, 3.8) is 0 Å². The lowest BCUT2D eigenvalue weighted by molar-refractivity contribution is -0.0154. The summed E-state index contributed by atoms with van der Waals surface area (Å²) in [5, 5.41) is 7.11. The van der Waals surface area contributed by atoms with Crippen molar-refractivity contribution >= 4 is 27.9 Å². The third-order valence-corrected chi connectivity index (χ3v) is 6.66. The largest absolute Gasteiger partial charge is 0.389 e. The first-order valence-electron chi connectivity index (χ1n) is 10.7. The second-order valence-electron chi connectivity index (χ2n) is 8.08. The van der Waals surface area contributed by atoms with Crippen LogP contribution in [0.1, 0.15) is 54.9 Å². The molecule has 1 fully saturated rings. The van der Waals surface area contributed by atoms with Gasteiger partial charge in [0.05, 0.1) is 29.2 Å². The van der Waals surface area contributed by atoms with Crippen molar-refractivity contribution in [2.45, 2.75) is 50.9 Å². The topological polar surface area (TPSA) is 121 Å². The van der Waals surface area contributed by atoms with Gasteiger partial charge in [0.1, 0.15) is 27.7 Å². The molecule has 11 heteroatoms. The Kier molecular flexibility index (Phi) is 6.73. The minimum atomic E-state index is -0.778. The Bertz CT molecular complexity index is 1140. The number of aromatic nitrogens is 3. The van der Waals surface area contributed by atoms with E-state index in [9.17, 15) is 13.6 Å². The molecule has 1 unspecified atom stereocenters. The van der Waals surface area contributed by atoms with Crippen molar-refractivity contribution in [1.82, 2.24) is 14.8 Å². The number of nitrogens with zero attached hydrogens (tertiary/aromatic N) is 3. The third kappa shape index (κ3) is 4.75. The average molecular weight is 477 g/mol. The van der Waals surface area contributed by atoms with Crippen LogP contribution in [0.3, 0.4) is 0 Å². The molecule has 176 valence electrons. The van der Waals surface area contributed by atoms with Crippen LogP contribution in [0.5, 0.6) is 0 Å². The number of carbonyl (C=O) groups is 1. The number of hydrogen-bond acceptors (Lipinski definition) is 7. The van der Waals surface area contributed by atoms with Crippen LogP contribution >= 0.6 is 11.3 Å². The lowest BCUT2D eigenvalue weighted by Gasteiger charge is -2.22. The van der Waals surface area contributed by atoms with E-state index < -0.39 is 17.5 Å². The molecule has 4 rings (SSSR count). The van der Waals surface area contributed by atoms with Gasteiger partial charge < -0.3 is 21.5 Å². The van der Waals surface area contributed by atoms with Gasteiger partial charge in [-0.2, -0.15) is 5.10 Å². The quantitative estimate of drug-likeness (QED) is 0.512. The summed E-state index contributed by atoms with van der Waals surface area (Å²) in [7, 11) is 1.77. The van der Waals surface area contributed by atoms with E-state index in [0.29, 0.717) is 17.8 Å². The number of rotatable bonds is 5. The van der Waals surface area contributed by atoms with Crippen molar-refractivity contribution in [3.05, 3.63) is 47.4 Å². The SMILES string of the molecule is CC[C@@H]1CC(N)CC[C@H](c2c(NC(=O)c3nc(-c4c(F)cccc4F)sc3N)cnn2C)O1. The molecule has 5 N–H and O–H groups in total. The first kappa shape index (κ1) is 23.3. The Morgan fingerprint density at radius 2 is 2.06 bits per heavy atom. The third-order valence-electron chi connectivity index (χ3n) is 5.76. The molecule has 3 heterocycles. The van der Waals surface area contributed by atoms with E-state index in [2.05, 4.69) is 15.4 Å². The molecule has 0 bridgehead atoms. The standard InChI is InChI=1S/C22H26F2N6O2S/c1-3-12-9-11(25)7-8-16(32-12)19-15(10-27-30(19)2)28-21(31)18-20(26)33-22(29-18)17-13(23)5-4-6-14(17)24/h4-6,10-12,16H,3,7-9,25-26H2,1-2H3,(H,28,31)/t11?,12-,16-/m1/s1. The average Bonchev–Trinajstić information content (AvgIpc) is 3.26. The van der Waals surface area contributed by atoms with Gasteiger partial charge in [0.2, 0.25) is 0 Å². The molecule has 3 aromatic rings. The van der Waals surface area contributed by atoms with Gasteiger partial charge in [-0.1, -0.05) is 24.3 Å². The lowest BCUT2D eigenvalue weighted by atomic mass is 10.0. The van der Waals surface area contributed by atoms with Crippen LogP contribution in [0.25, 0.3) is 10.6 Å². The summed E-state index contributed by atoms with van der Waals surface area (Å²) in [6.45, 7) is 2.05. The van der Waals surface area contributed by atoms with Crippen molar-refractivity contribution < 1.29 is 18.3 Å². The van der Waals surface area contributed by atoms with Gasteiger partial charge in [0, 0.05) is 13.1 Å². The van der Waals surface area contributed by atoms with Crippen LogP contribution < -0.4 is 16.8 Å². The minimum absolute atomic E-state index is 0.00784. The fourth-order valence-corrected chi connectivity index (χ4v) is 4.93. The fraction of sp³-hybridized carbons (Fsp3) is 0.409. The van der Waals surface area contributed by atoms with E-state index in [4.69, 9.17) is 16.2 Å². The van der Waals surface area contributed by atoms with Crippen LogP contribution in [-0.2, 0) is 11.8 Å². The van der Waals surface area contributed by atoms with Gasteiger partial charge in [-0.3, -0.25) is 9.48 Å². The second-order valence-corrected chi connectivity index (χ2v) is 9.11. The Balaban J connectivity index is 1.60. The number of amides is 1. The van der Waals surface area contributed by atoms with E-state index in [1.54, 1.807) is 11.7 Å². The van der Waals surface area contributed by atoms with E-state index >= 15 is 0 Å². The summed E-state index contributed by atoms with van der Waals surface area (Å²) in [6, 6.07) is 3.56. The van der Waals surface area contributed by atoms with Crippen LogP contribution in [0.4, 0.5) is 19.5 Å². The maximum atomic E-state index is 14.2. The van der Waals surface area contributed by atoms with Gasteiger partial charge >= 0.3 is 0 Å². The molecular formula is C22H26F2N6O2S. The summed E-state index contributed by atoms with van der Waals surface area (Å²) in [5.74, 6) is -2.16. The van der Waals surface area contributed by atoms with Crippen LogP contribution in [0, 0.1) is 11.6 Å². The normalized spacial score (nSPS) is 21.1. The minimum Gasteiger partial charge on any atom is -0.389 e. The van der Waals surface area contributed by atoms with Crippen LogP contribution in [0.2, 0.25) is 0 Å². The number of aryl methyl sites for hydroxylation is 1. The summed E-state index contributed by atoms with van der Waals surface area (Å²) in [6.07, 6.45) is 4.33. The molecule has 8 nitrogen and oxygen atoms in total. The zero-order valence-corrected chi connectivity index (χ0v) is 19.2. The smallest absolute Gasteiger partial charge is 0.277 e. The molecule has 1 aromatic carbocycles. The van der Waals surface area contributed by atoms with Crippen molar-refractivity contribution in [2.24, 2.45) is 12.8 Å². The number of thiazole rings is 1. The summed E-state index contributed by atoms with van der Waals surface area (Å²) in [5.41, 5.74) is 12.9. The number of hydrogen-bond donors (Lipinski definition) is 3. The van der Waals surface area contributed by atoms with Crippen molar-refractivity contribution in [3.8, 4) is 10.6 Å². The summed E-state index contributed by atoms with van der Waals surface area (Å²) in [4.78, 5) is 17.1. The Morgan fingerprint density at radius 1 is 1.33 bits per heavy atom. The van der Waals surface area contributed by atoms with E-state index in [0.717, 1.165) is 42.7 Å². The van der Waals surface area contributed by atoms with Gasteiger partial charge in [-0.15, -0.1) is 0 Å². The molecule has 1 aliphatic rings. The number of benzene rings is 1. The van der Waals surface area contributed by atoms with Crippen LogP contribution in [0.15, 0.2) is 24.4 Å². The number of nitrogens with two attached hydrogens (primary N) is 2. The van der Waals surface area contributed by atoms with Crippen molar-refractivity contribution in [2.75, 3.05) is 11.1 Å². The Hall–Kier alpha value is -2.89. The maximum absolute atomic E-state index is 14.2. The summed E-state index contributed by atoms with van der Waals surface area (Å²) >= 11 is 0.845. The monoisotopic (exact) mass is 476 g/mol. The highest BCUT2D eigenvalue weighted by molar-refractivity contribution is 7.19. The molecule has 1 saturated heterocycles. The molecule has 2 aromatic heterocycles. The number of nitrogen functional groups attached to an aromatic ring is 1. The molecule has 33 heavy (non-hydrogen) atoms. The number of halogens is 2.